The van der Waals surface area contributed by atoms with Gasteiger partial charge in [-0.3, -0.25) is 0 Å². The smallest absolute Gasteiger partial charge is 0.453 e. The maximum Gasteiger partial charge on any atom is 0.453 e. The molecular weight excluding hydrogens is 839 g/mol. The normalized spacial score (nSPS) is 13.3. The standard InChI is InChI=1S/C15H11F6N5O.C14H8ClF6N5O.CH5BO2/c1-7-5-10-23-24-13(15(19,20)21)26(10)25-12(7)9-3-4-11(22-6-9)27-8(2)14(16,17)18;1-6(13(16,17)18)27-10-3-2-7(5-22-10)11-8(15)4-9-23-24-12(14(19,20)21)26(9)25-11;1-2(3)4/h3-6,8H,1-2H3;2-6H,1H3;3-4H,1H3/t8-;6-;/m00./s1. The number of nitrogens with zero attached hydrogens (tertiary/aromatic N) is 10. The second-order valence-corrected chi connectivity index (χ2v) is 12.0. The zero-order valence-corrected chi connectivity index (χ0v) is 30.2. The number of rotatable bonds is 6. The Balaban J connectivity index is 0.000000235. The van der Waals surface area contributed by atoms with Crippen LogP contribution in [0, 0.1) is 6.92 Å². The Morgan fingerprint density at radius 3 is 1.38 bits per heavy atom. The summed E-state index contributed by atoms with van der Waals surface area (Å²) in [7, 11) is -1.17. The Kier molecular flexibility index (Phi) is 13.3. The third-order valence-electron chi connectivity index (χ3n) is 6.97. The van der Waals surface area contributed by atoms with Crippen molar-refractivity contribution < 1.29 is 72.2 Å². The summed E-state index contributed by atoms with van der Waals surface area (Å²) in [5.41, 5.74) is 0.702. The number of halogens is 13. The van der Waals surface area contributed by atoms with Gasteiger partial charge in [-0.2, -0.15) is 71.9 Å². The molecule has 28 heteroatoms. The van der Waals surface area contributed by atoms with Crippen LogP contribution in [0.4, 0.5) is 52.7 Å². The molecule has 0 radical (unpaired) electrons. The van der Waals surface area contributed by atoms with Gasteiger partial charge >= 0.3 is 31.8 Å². The van der Waals surface area contributed by atoms with Crippen molar-refractivity contribution in [2.45, 2.75) is 64.5 Å². The van der Waals surface area contributed by atoms with Crippen molar-refractivity contribution in [1.82, 2.24) is 49.6 Å². The van der Waals surface area contributed by atoms with Crippen LogP contribution in [0.15, 0.2) is 48.8 Å². The van der Waals surface area contributed by atoms with Gasteiger partial charge in [0.25, 0.3) is 11.6 Å². The Bertz CT molecular complexity index is 2160. The minimum Gasteiger partial charge on any atom is -0.465 e. The first-order chi connectivity index (χ1) is 26.7. The lowest BCUT2D eigenvalue weighted by molar-refractivity contribution is -0.190. The van der Waals surface area contributed by atoms with E-state index in [1.54, 1.807) is 6.92 Å². The number of aromatic nitrogens is 10. The van der Waals surface area contributed by atoms with Crippen LogP contribution >= 0.6 is 11.6 Å². The summed E-state index contributed by atoms with van der Waals surface area (Å²) in [4.78, 5) is 7.47. The minimum atomic E-state index is -4.79. The van der Waals surface area contributed by atoms with E-state index in [0.29, 0.717) is 20.2 Å². The van der Waals surface area contributed by atoms with Crippen molar-refractivity contribution in [3.63, 3.8) is 0 Å². The molecule has 6 aromatic rings. The van der Waals surface area contributed by atoms with E-state index in [2.05, 4.69) is 45.3 Å². The average Bonchev–Trinajstić information content (AvgIpc) is 3.71. The van der Waals surface area contributed by atoms with Gasteiger partial charge in [0.2, 0.25) is 11.8 Å². The zero-order chi connectivity index (χ0) is 43.5. The molecule has 0 bridgehead atoms. The van der Waals surface area contributed by atoms with Crippen molar-refractivity contribution in [1.29, 1.82) is 0 Å². The highest BCUT2D eigenvalue weighted by molar-refractivity contribution is 6.39. The van der Waals surface area contributed by atoms with Crippen LogP contribution in [0.1, 0.15) is 31.1 Å². The maximum atomic E-state index is 13.0. The van der Waals surface area contributed by atoms with Crippen LogP contribution in [-0.4, -0.2) is 91.3 Å². The lowest BCUT2D eigenvalue weighted by Crippen LogP contribution is -2.31. The molecule has 312 valence electrons. The molecule has 0 saturated heterocycles. The van der Waals surface area contributed by atoms with Crippen molar-refractivity contribution in [3.8, 4) is 34.3 Å². The van der Waals surface area contributed by atoms with E-state index in [-0.39, 0.29) is 45.0 Å². The molecule has 2 N–H and O–H groups in total. The first-order valence-corrected chi connectivity index (χ1v) is 16.1. The van der Waals surface area contributed by atoms with Gasteiger partial charge in [0.15, 0.2) is 23.5 Å². The van der Waals surface area contributed by atoms with E-state index in [4.69, 9.17) is 26.4 Å². The number of fused-ring (bicyclic) bond motifs is 2. The molecule has 6 aromatic heterocycles. The molecule has 0 unspecified atom stereocenters. The Labute approximate surface area is 321 Å². The highest BCUT2D eigenvalue weighted by Crippen LogP contribution is 2.33. The Morgan fingerprint density at radius 1 is 0.638 bits per heavy atom. The molecule has 14 nitrogen and oxygen atoms in total. The molecule has 0 saturated carbocycles. The molecule has 0 aliphatic carbocycles. The van der Waals surface area contributed by atoms with Crippen molar-refractivity contribution >= 4 is 30.0 Å². The van der Waals surface area contributed by atoms with Crippen molar-refractivity contribution in [3.05, 3.63) is 71.0 Å². The molecular formula is C30H24BClF12N10O4. The summed E-state index contributed by atoms with van der Waals surface area (Å²) in [5, 5.41) is 35.8. The summed E-state index contributed by atoms with van der Waals surface area (Å²) in [6, 6.07) is 7.41. The van der Waals surface area contributed by atoms with Crippen LogP contribution in [0.3, 0.4) is 0 Å². The zero-order valence-electron chi connectivity index (χ0n) is 29.4. The largest absolute Gasteiger partial charge is 0.465 e. The van der Waals surface area contributed by atoms with Crippen LogP contribution in [0.25, 0.3) is 33.8 Å². The number of ether oxygens (including phenoxy) is 2. The van der Waals surface area contributed by atoms with E-state index in [1.165, 1.54) is 31.1 Å². The predicted molar refractivity (Wildman–Crippen MR) is 176 cm³/mol. The molecule has 58 heavy (non-hydrogen) atoms. The van der Waals surface area contributed by atoms with E-state index < -0.39 is 55.7 Å². The molecule has 6 rings (SSSR count). The van der Waals surface area contributed by atoms with Crippen molar-refractivity contribution in [2.24, 2.45) is 0 Å². The van der Waals surface area contributed by atoms with Gasteiger partial charge in [-0.15, -0.1) is 20.4 Å². The van der Waals surface area contributed by atoms with Gasteiger partial charge in [0.1, 0.15) is 5.69 Å². The van der Waals surface area contributed by atoms with Gasteiger partial charge in [-0.1, -0.05) is 11.6 Å². The second-order valence-electron chi connectivity index (χ2n) is 11.6. The summed E-state index contributed by atoms with van der Waals surface area (Å²) in [6.45, 7) is 4.52. The van der Waals surface area contributed by atoms with Gasteiger partial charge < -0.3 is 19.5 Å². The molecule has 0 aliphatic heterocycles. The molecule has 0 spiro atoms. The fourth-order valence-electron chi connectivity index (χ4n) is 4.24. The third kappa shape index (κ3) is 11.3. The number of aryl methyl sites for hydroxylation is 1. The van der Waals surface area contributed by atoms with Gasteiger partial charge in [-0.05, 0) is 51.4 Å². The highest BCUT2D eigenvalue weighted by Gasteiger charge is 2.40. The van der Waals surface area contributed by atoms with E-state index in [1.807, 2.05) is 0 Å². The molecule has 2 atom stereocenters. The van der Waals surface area contributed by atoms with Crippen LogP contribution in [-0.2, 0) is 12.4 Å². The Morgan fingerprint density at radius 2 is 1.02 bits per heavy atom. The predicted octanol–water partition coefficient (Wildman–Crippen LogP) is 7.12. The molecule has 6 heterocycles. The number of hydrogen-bond donors (Lipinski definition) is 2. The molecule has 0 fully saturated rings. The Hall–Kier alpha value is -5.57. The molecule has 0 aliphatic rings. The van der Waals surface area contributed by atoms with E-state index in [0.717, 1.165) is 38.4 Å². The highest BCUT2D eigenvalue weighted by atomic mass is 35.5. The first-order valence-electron chi connectivity index (χ1n) is 15.7. The molecule has 0 amide bonds. The average molecular weight is 863 g/mol. The van der Waals surface area contributed by atoms with E-state index in [9.17, 15) is 52.7 Å². The monoisotopic (exact) mass is 862 g/mol. The third-order valence-corrected chi connectivity index (χ3v) is 7.26. The summed E-state index contributed by atoms with van der Waals surface area (Å²) in [6.07, 6.45) is -20.6. The number of pyridine rings is 2. The lowest BCUT2D eigenvalue weighted by Gasteiger charge is -2.16. The maximum absolute atomic E-state index is 13.0. The first kappa shape index (κ1) is 45.1. The van der Waals surface area contributed by atoms with Gasteiger partial charge in [0.05, 0.1) is 10.7 Å². The van der Waals surface area contributed by atoms with Gasteiger partial charge in [0, 0.05) is 41.7 Å². The van der Waals surface area contributed by atoms with Crippen LogP contribution in [0.2, 0.25) is 11.8 Å². The minimum absolute atomic E-state index is 0.0391. The number of hydrogen-bond acceptors (Lipinski definition) is 12. The topological polar surface area (TPSA) is 171 Å². The summed E-state index contributed by atoms with van der Waals surface area (Å²) >= 11 is 6.01. The lowest BCUT2D eigenvalue weighted by atomic mass is 9.99. The van der Waals surface area contributed by atoms with Crippen LogP contribution < -0.4 is 9.47 Å². The summed E-state index contributed by atoms with van der Waals surface area (Å²) in [5.74, 6) is -3.23. The van der Waals surface area contributed by atoms with Crippen LogP contribution in [0.5, 0.6) is 11.8 Å². The summed E-state index contributed by atoms with van der Waals surface area (Å²) < 4.78 is 163. The fourth-order valence-corrected chi connectivity index (χ4v) is 4.49. The van der Waals surface area contributed by atoms with E-state index >= 15 is 0 Å². The second kappa shape index (κ2) is 17.1. The van der Waals surface area contributed by atoms with Gasteiger partial charge in [-0.25, -0.2) is 9.97 Å². The SMILES string of the molecule is CB(O)O.C[C@H](Oc1ccc(-c2nn3c(C(F)(F)F)nnc3cc2Cl)cn1)C(F)(F)F.Cc1cc2nnc(C(F)(F)F)n2nc1-c1ccc(O[C@@H](C)C(F)(F)F)nc1. The number of alkyl halides is 12. The van der Waals surface area contributed by atoms with Crippen molar-refractivity contribution in [2.75, 3.05) is 0 Å². The quantitative estimate of drug-likeness (QED) is 0.129. The fraction of sp³-hybridized carbons (Fsp3) is 0.333. The molecule has 0 aromatic carbocycles.